The molecule has 9 heteroatoms. The van der Waals surface area contributed by atoms with Crippen molar-refractivity contribution < 1.29 is 28.6 Å². The van der Waals surface area contributed by atoms with Crippen molar-refractivity contribution in [1.82, 2.24) is 4.90 Å². The van der Waals surface area contributed by atoms with Crippen molar-refractivity contribution in [1.29, 1.82) is 0 Å². The van der Waals surface area contributed by atoms with E-state index in [0.29, 0.717) is 26.2 Å². The molecule has 1 heterocycles. The van der Waals surface area contributed by atoms with Gasteiger partial charge in [-0.15, -0.1) is 6.58 Å². The maximum Gasteiger partial charge on any atom is 0.309 e. The third kappa shape index (κ3) is 35.9. The lowest BCUT2D eigenvalue weighted by Crippen LogP contribution is -2.34. The maximum absolute atomic E-state index is 13.3. The summed E-state index contributed by atoms with van der Waals surface area (Å²) in [5.74, 6) is -0.138. The number of allylic oxidation sites excluding steroid dienone is 5. The molecule has 3 atom stereocenters. The van der Waals surface area contributed by atoms with Gasteiger partial charge >= 0.3 is 17.9 Å². The fourth-order valence-electron chi connectivity index (χ4n) is 9.90. The standard InChI is InChI=1S/C60H108N2O7/c1-6-10-14-18-22-30-40-54(41-31-23-19-15-11-7-2)57(63)67-51-37-28-26-34-46-60(61-66,48-36-39-53-69-59(65)56-44-49-62(5)50-45-56)47-35-27-29-38-52-68-58(64)55(42-32-24-20-16-12-8-3)43-33-25-21-17-13-9-4/h6,8,11-12,15,54-56H,1,7,9-10,13-14,16-53H2,2-5H3/b12-8+,15-11+. The predicted molar refractivity (Wildman–Crippen MR) is 290 cm³/mol. The zero-order valence-electron chi connectivity index (χ0n) is 45.5. The van der Waals surface area contributed by atoms with Crippen molar-refractivity contribution in [3.05, 3.63) is 41.9 Å². The summed E-state index contributed by atoms with van der Waals surface area (Å²) in [6, 6.07) is 0. The lowest BCUT2D eigenvalue weighted by Gasteiger charge is -2.28. The van der Waals surface area contributed by atoms with Crippen LogP contribution < -0.4 is 0 Å². The van der Waals surface area contributed by atoms with Gasteiger partial charge in [0.15, 0.2) is 0 Å². The van der Waals surface area contributed by atoms with Crippen LogP contribution in [0.1, 0.15) is 265 Å². The minimum Gasteiger partial charge on any atom is -0.465 e. The predicted octanol–water partition coefficient (Wildman–Crippen LogP) is 17.1. The second-order valence-corrected chi connectivity index (χ2v) is 20.8. The van der Waals surface area contributed by atoms with Crippen molar-refractivity contribution >= 4 is 17.9 Å². The summed E-state index contributed by atoms with van der Waals surface area (Å²) in [4.78, 5) is 54.2. The van der Waals surface area contributed by atoms with Crippen LogP contribution in [-0.4, -0.2) is 68.3 Å². The molecule has 400 valence electrons. The summed E-state index contributed by atoms with van der Waals surface area (Å²) in [6.45, 7) is 13.5. The van der Waals surface area contributed by atoms with Crippen LogP contribution in [0.3, 0.4) is 0 Å². The molecular weight excluding hydrogens is 861 g/mol. The van der Waals surface area contributed by atoms with E-state index in [4.69, 9.17) is 14.2 Å². The van der Waals surface area contributed by atoms with E-state index in [1.54, 1.807) is 0 Å². The van der Waals surface area contributed by atoms with Gasteiger partial charge in [0.05, 0.1) is 37.6 Å². The Morgan fingerprint density at radius 1 is 0.565 bits per heavy atom. The van der Waals surface area contributed by atoms with Gasteiger partial charge in [0.25, 0.3) is 0 Å². The SMILES string of the molecule is C=CCCCCCCC(CCCC/C=C/CC)C(=O)OCCCCCCC(CCCCCCOC(=O)C(CCCCC/C=C/C)CCCCCCCC)(CCCCOC(=O)C1CCN(C)CC1)N=O. The highest BCUT2D eigenvalue weighted by Crippen LogP contribution is 2.33. The number of likely N-dealkylation sites (tertiary alicyclic amines) is 1. The smallest absolute Gasteiger partial charge is 0.309 e. The van der Waals surface area contributed by atoms with Crippen molar-refractivity contribution in [3.8, 4) is 0 Å². The van der Waals surface area contributed by atoms with E-state index in [2.05, 4.69) is 68.8 Å². The minimum atomic E-state index is -0.640. The van der Waals surface area contributed by atoms with Gasteiger partial charge in [0.1, 0.15) is 5.54 Å². The zero-order valence-corrected chi connectivity index (χ0v) is 45.5. The monoisotopic (exact) mass is 969 g/mol. The van der Waals surface area contributed by atoms with E-state index in [1.807, 2.05) is 6.08 Å². The fraction of sp³-hybridized carbons (Fsp3) is 0.850. The molecule has 69 heavy (non-hydrogen) atoms. The van der Waals surface area contributed by atoms with E-state index in [1.165, 1.54) is 51.4 Å². The zero-order chi connectivity index (χ0) is 50.3. The molecule has 0 aliphatic carbocycles. The Balaban J connectivity index is 2.66. The molecule has 9 nitrogen and oxygen atoms in total. The first-order chi connectivity index (χ1) is 33.7. The van der Waals surface area contributed by atoms with Crippen LogP contribution in [0.5, 0.6) is 0 Å². The number of hydrogen-bond acceptors (Lipinski definition) is 9. The Bertz CT molecular complexity index is 1310. The first kappa shape index (κ1) is 64.2. The third-order valence-corrected chi connectivity index (χ3v) is 14.6. The third-order valence-electron chi connectivity index (χ3n) is 14.6. The topological polar surface area (TPSA) is 112 Å². The van der Waals surface area contributed by atoms with Gasteiger partial charge < -0.3 is 19.1 Å². The Labute approximate surface area is 424 Å². The summed E-state index contributed by atoms with van der Waals surface area (Å²) >= 11 is 0. The Morgan fingerprint density at radius 3 is 1.52 bits per heavy atom. The average molecular weight is 970 g/mol. The number of rotatable bonds is 49. The molecule has 0 N–H and O–H groups in total. The van der Waals surface area contributed by atoms with Gasteiger partial charge in [-0.05, 0) is 155 Å². The van der Waals surface area contributed by atoms with Crippen LogP contribution in [-0.2, 0) is 28.6 Å². The Kier molecular flexibility index (Phi) is 43.1. The number of hydrogen-bond donors (Lipinski definition) is 0. The summed E-state index contributed by atoms with van der Waals surface area (Å²) in [6.07, 6.45) is 48.9. The molecule has 0 radical (unpaired) electrons. The molecule has 0 spiro atoms. The van der Waals surface area contributed by atoms with Crippen molar-refractivity contribution in [3.63, 3.8) is 0 Å². The number of ether oxygens (including phenoxy) is 3. The first-order valence-corrected chi connectivity index (χ1v) is 29.2. The van der Waals surface area contributed by atoms with E-state index in [-0.39, 0.29) is 35.7 Å². The van der Waals surface area contributed by atoms with E-state index in [0.717, 1.165) is 199 Å². The normalized spacial score (nSPS) is 15.3. The van der Waals surface area contributed by atoms with Crippen LogP contribution in [0, 0.1) is 22.7 Å². The first-order valence-electron chi connectivity index (χ1n) is 29.2. The highest BCUT2D eigenvalue weighted by molar-refractivity contribution is 5.73. The van der Waals surface area contributed by atoms with Crippen LogP contribution in [0.25, 0.3) is 0 Å². The van der Waals surface area contributed by atoms with Gasteiger partial charge in [-0.1, -0.05) is 165 Å². The largest absolute Gasteiger partial charge is 0.465 e. The molecule has 0 saturated carbocycles. The number of piperidine rings is 1. The van der Waals surface area contributed by atoms with Gasteiger partial charge in [-0.2, -0.15) is 4.91 Å². The molecule has 0 bridgehead atoms. The fourth-order valence-corrected chi connectivity index (χ4v) is 9.90. The lowest BCUT2D eigenvalue weighted by molar-refractivity contribution is -0.150. The molecule has 1 aliphatic heterocycles. The highest BCUT2D eigenvalue weighted by atomic mass is 16.5. The Morgan fingerprint density at radius 2 is 0.986 bits per heavy atom. The maximum atomic E-state index is 13.3. The molecule has 0 aromatic rings. The second kappa shape index (κ2) is 46.3. The number of carbonyl (C=O) groups excluding carboxylic acids is 3. The van der Waals surface area contributed by atoms with E-state index < -0.39 is 5.54 Å². The molecule has 1 saturated heterocycles. The molecule has 0 aromatic carbocycles. The molecule has 1 aliphatic rings. The molecule has 0 aromatic heterocycles. The van der Waals surface area contributed by atoms with Gasteiger partial charge in [-0.3, -0.25) is 14.4 Å². The molecule has 3 unspecified atom stereocenters. The van der Waals surface area contributed by atoms with Crippen LogP contribution in [0.2, 0.25) is 0 Å². The van der Waals surface area contributed by atoms with Crippen LogP contribution >= 0.6 is 0 Å². The minimum absolute atomic E-state index is 0.00713. The van der Waals surface area contributed by atoms with E-state index in [9.17, 15) is 19.3 Å². The number of nitrogens with zero attached hydrogens (tertiary/aromatic N) is 2. The second-order valence-electron chi connectivity index (χ2n) is 20.8. The molecular formula is C60H108N2O7. The Hall–Kier alpha value is -2.81. The average Bonchev–Trinajstić information content (AvgIpc) is 3.35. The van der Waals surface area contributed by atoms with Gasteiger partial charge in [0, 0.05) is 0 Å². The highest BCUT2D eigenvalue weighted by Gasteiger charge is 2.31. The van der Waals surface area contributed by atoms with E-state index >= 15 is 0 Å². The number of esters is 3. The van der Waals surface area contributed by atoms with Crippen LogP contribution in [0.4, 0.5) is 0 Å². The molecule has 0 amide bonds. The summed E-state index contributed by atoms with van der Waals surface area (Å²) in [7, 11) is 2.09. The van der Waals surface area contributed by atoms with Crippen LogP contribution in [0.15, 0.2) is 42.1 Å². The van der Waals surface area contributed by atoms with Crippen molar-refractivity contribution in [2.75, 3.05) is 40.0 Å². The van der Waals surface area contributed by atoms with Crippen molar-refractivity contribution in [2.45, 2.75) is 270 Å². The number of carbonyl (C=O) groups is 3. The molecule has 1 fully saturated rings. The molecule has 1 rings (SSSR count). The number of unbranched alkanes of at least 4 members (excludes halogenated alkanes) is 21. The number of nitroso groups, excluding NO2 is 1. The summed E-state index contributed by atoms with van der Waals surface area (Å²) in [5.41, 5.74) is -0.640. The van der Waals surface area contributed by atoms with Crippen molar-refractivity contribution in [2.24, 2.45) is 22.9 Å². The van der Waals surface area contributed by atoms with Gasteiger partial charge in [-0.25, -0.2) is 0 Å². The summed E-state index contributed by atoms with van der Waals surface area (Å²) < 4.78 is 17.5. The lowest BCUT2D eigenvalue weighted by atomic mass is 9.83. The quantitative estimate of drug-likeness (QED) is 0.0195. The summed E-state index contributed by atoms with van der Waals surface area (Å²) in [5, 5.41) is 3.85. The van der Waals surface area contributed by atoms with Gasteiger partial charge in [0.2, 0.25) is 0 Å².